The molecule has 0 spiro atoms. The fraction of sp³-hybridized carbons (Fsp3) is 0.615. The van der Waals surface area contributed by atoms with Crippen molar-refractivity contribution in [3.8, 4) is 6.07 Å². The fourth-order valence-electron chi connectivity index (χ4n) is 2.28. The summed E-state index contributed by atoms with van der Waals surface area (Å²) in [6, 6.07) is 2.44. The third kappa shape index (κ3) is 3.74. The maximum atomic E-state index is 12.5. The Labute approximate surface area is 119 Å². The Balaban J connectivity index is 2.16. The minimum Gasteiger partial charge on any atom is -0.370 e. The van der Waals surface area contributed by atoms with E-state index < -0.39 is 24.2 Å². The molecule has 0 aliphatic carbocycles. The Bertz CT molecular complexity index is 584. The van der Waals surface area contributed by atoms with Crippen LogP contribution in [0.2, 0.25) is 0 Å². The van der Waals surface area contributed by atoms with Crippen LogP contribution in [0.1, 0.15) is 19.3 Å². The first-order chi connectivity index (χ1) is 9.91. The van der Waals surface area contributed by atoms with Crippen molar-refractivity contribution in [1.29, 1.82) is 5.26 Å². The molecule has 0 radical (unpaired) electrons. The highest BCUT2D eigenvalue weighted by Crippen LogP contribution is 2.26. The summed E-state index contributed by atoms with van der Waals surface area (Å²) in [6.45, 7) is 0.849. The van der Waals surface area contributed by atoms with Gasteiger partial charge in [0.25, 0.3) is 5.56 Å². The molecule has 0 bridgehead atoms. The molecule has 1 aliphatic heterocycles. The van der Waals surface area contributed by atoms with Gasteiger partial charge in [0.2, 0.25) is 0 Å². The second kappa shape index (κ2) is 6.16. The van der Waals surface area contributed by atoms with Crippen LogP contribution in [0.15, 0.2) is 17.1 Å². The molecule has 0 saturated carbocycles. The van der Waals surface area contributed by atoms with Crippen molar-refractivity contribution >= 4 is 5.69 Å². The molecular formula is C13H15F3N4O. The lowest BCUT2D eigenvalue weighted by Gasteiger charge is -2.28. The first kappa shape index (κ1) is 15.4. The lowest BCUT2D eigenvalue weighted by atomic mass is 10.1. The van der Waals surface area contributed by atoms with Crippen molar-refractivity contribution < 1.29 is 13.2 Å². The largest absolute Gasteiger partial charge is 0.406 e. The minimum atomic E-state index is -4.67. The van der Waals surface area contributed by atoms with Crippen molar-refractivity contribution in [2.24, 2.45) is 5.92 Å². The zero-order valence-corrected chi connectivity index (χ0v) is 11.3. The smallest absolute Gasteiger partial charge is 0.370 e. The predicted octanol–water partition coefficient (Wildman–Crippen LogP) is 1.94. The van der Waals surface area contributed by atoms with Crippen molar-refractivity contribution in [2.75, 3.05) is 18.0 Å². The summed E-state index contributed by atoms with van der Waals surface area (Å²) in [4.78, 5) is 13.9. The molecule has 8 heteroatoms. The number of hydrogen-bond donors (Lipinski definition) is 0. The molecule has 114 valence electrons. The maximum Gasteiger partial charge on any atom is 0.406 e. The van der Waals surface area contributed by atoms with Gasteiger partial charge in [0.15, 0.2) is 5.92 Å². The normalized spacial score (nSPS) is 17.3. The van der Waals surface area contributed by atoms with Crippen LogP contribution in [-0.2, 0) is 6.54 Å². The monoisotopic (exact) mass is 300 g/mol. The second-order valence-electron chi connectivity index (χ2n) is 5.01. The number of hydrogen-bond acceptors (Lipinski definition) is 4. The summed E-state index contributed by atoms with van der Waals surface area (Å²) < 4.78 is 38.3. The Morgan fingerprint density at radius 2 is 2.00 bits per heavy atom. The molecule has 5 nitrogen and oxygen atoms in total. The molecule has 1 aromatic rings. The van der Waals surface area contributed by atoms with Crippen LogP contribution >= 0.6 is 0 Å². The molecule has 1 aliphatic rings. The van der Waals surface area contributed by atoms with Crippen molar-refractivity contribution in [1.82, 2.24) is 9.78 Å². The van der Waals surface area contributed by atoms with E-state index in [-0.39, 0.29) is 0 Å². The molecule has 1 fully saturated rings. The summed E-state index contributed by atoms with van der Waals surface area (Å²) in [5.74, 6) is -2.23. The van der Waals surface area contributed by atoms with E-state index in [9.17, 15) is 18.0 Å². The van der Waals surface area contributed by atoms with Crippen molar-refractivity contribution in [3.63, 3.8) is 0 Å². The quantitative estimate of drug-likeness (QED) is 0.856. The lowest BCUT2D eigenvalue weighted by Crippen LogP contribution is -2.34. The van der Waals surface area contributed by atoms with Crippen LogP contribution in [0.5, 0.6) is 0 Å². The van der Waals surface area contributed by atoms with Gasteiger partial charge in [0, 0.05) is 19.2 Å². The number of aromatic nitrogens is 2. The standard InChI is InChI=1S/C13H15F3N4O/c14-13(15,16)10(7-17)9-20-12(21)6-11(8-18-20)19-4-2-1-3-5-19/h6,8,10H,1-5,9H2. The van der Waals surface area contributed by atoms with Gasteiger partial charge in [-0.25, -0.2) is 4.68 Å². The van der Waals surface area contributed by atoms with Crippen LogP contribution in [0.25, 0.3) is 0 Å². The summed E-state index contributed by atoms with van der Waals surface area (Å²) in [7, 11) is 0. The molecule has 2 heterocycles. The summed E-state index contributed by atoms with van der Waals surface area (Å²) in [5, 5.41) is 12.3. The maximum absolute atomic E-state index is 12.5. The molecule has 0 amide bonds. The topological polar surface area (TPSA) is 61.9 Å². The van der Waals surface area contributed by atoms with Gasteiger partial charge in [-0.15, -0.1) is 0 Å². The van der Waals surface area contributed by atoms with E-state index in [0.717, 1.165) is 38.4 Å². The second-order valence-corrected chi connectivity index (χ2v) is 5.01. The van der Waals surface area contributed by atoms with E-state index >= 15 is 0 Å². The average molecular weight is 300 g/mol. The zero-order valence-electron chi connectivity index (χ0n) is 11.3. The van der Waals surface area contributed by atoms with Gasteiger partial charge in [0.1, 0.15) is 0 Å². The van der Waals surface area contributed by atoms with Crippen molar-refractivity contribution in [3.05, 3.63) is 22.6 Å². The van der Waals surface area contributed by atoms with E-state index in [2.05, 4.69) is 5.10 Å². The average Bonchev–Trinajstić information content (AvgIpc) is 2.45. The van der Waals surface area contributed by atoms with Crippen molar-refractivity contribution in [2.45, 2.75) is 32.0 Å². The number of rotatable bonds is 3. The number of alkyl halides is 3. The van der Waals surface area contributed by atoms with E-state index in [4.69, 9.17) is 5.26 Å². The third-order valence-corrected chi connectivity index (χ3v) is 3.48. The van der Waals surface area contributed by atoms with Gasteiger partial charge in [-0.05, 0) is 19.3 Å². The summed E-state index contributed by atoms with van der Waals surface area (Å²) >= 11 is 0. The van der Waals surface area contributed by atoms with Gasteiger partial charge < -0.3 is 4.90 Å². The summed E-state index contributed by atoms with van der Waals surface area (Å²) in [6.07, 6.45) is -0.100. The molecule has 1 unspecified atom stereocenters. The van der Waals surface area contributed by atoms with Crippen LogP contribution in [0.4, 0.5) is 18.9 Å². The van der Waals surface area contributed by atoms with Crippen LogP contribution in [0.3, 0.4) is 0 Å². The van der Waals surface area contributed by atoms with Gasteiger partial charge in [0.05, 0.1) is 24.5 Å². The molecule has 0 aromatic carbocycles. The van der Waals surface area contributed by atoms with E-state index in [0.29, 0.717) is 10.4 Å². The van der Waals surface area contributed by atoms with E-state index in [1.54, 1.807) is 0 Å². The zero-order chi connectivity index (χ0) is 15.5. The Kier molecular flexibility index (Phi) is 4.50. The minimum absolute atomic E-state index is 0.622. The SMILES string of the molecule is N#CC(Cn1ncc(N2CCCCC2)cc1=O)C(F)(F)F. The highest BCUT2D eigenvalue weighted by molar-refractivity contribution is 5.43. The molecule has 1 atom stereocenters. The van der Waals surface area contributed by atoms with Gasteiger partial charge >= 0.3 is 6.18 Å². The van der Waals surface area contributed by atoms with Crippen LogP contribution in [-0.4, -0.2) is 29.0 Å². The van der Waals surface area contributed by atoms with Gasteiger partial charge in [-0.2, -0.15) is 23.5 Å². The molecular weight excluding hydrogens is 285 g/mol. The Hall–Kier alpha value is -2.04. The third-order valence-electron chi connectivity index (χ3n) is 3.48. The molecule has 2 rings (SSSR count). The Morgan fingerprint density at radius 1 is 1.33 bits per heavy atom. The number of nitrogens with zero attached hydrogens (tertiary/aromatic N) is 4. The lowest BCUT2D eigenvalue weighted by molar-refractivity contribution is -0.162. The fourth-order valence-corrected chi connectivity index (χ4v) is 2.28. The number of nitriles is 1. The highest BCUT2D eigenvalue weighted by Gasteiger charge is 2.40. The predicted molar refractivity (Wildman–Crippen MR) is 69.7 cm³/mol. The van der Waals surface area contributed by atoms with Crippen LogP contribution < -0.4 is 10.5 Å². The number of halogens is 3. The van der Waals surface area contributed by atoms with Gasteiger partial charge in [-0.1, -0.05) is 0 Å². The molecule has 21 heavy (non-hydrogen) atoms. The number of piperidine rings is 1. The summed E-state index contributed by atoms with van der Waals surface area (Å²) in [5.41, 5.74) is -0.000889. The highest BCUT2D eigenvalue weighted by atomic mass is 19.4. The molecule has 1 aromatic heterocycles. The van der Waals surface area contributed by atoms with E-state index in [1.807, 2.05) is 4.90 Å². The van der Waals surface area contributed by atoms with Gasteiger partial charge in [-0.3, -0.25) is 4.79 Å². The van der Waals surface area contributed by atoms with Crippen LogP contribution in [0, 0.1) is 17.2 Å². The number of anilines is 1. The molecule has 1 saturated heterocycles. The first-order valence-corrected chi connectivity index (χ1v) is 6.70. The Morgan fingerprint density at radius 3 is 2.52 bits per heavy atom. The first-order valence-electron chi connectivity index (χ1n) is 6.70. The molecule has 0 N–H and O–H groups in total. The van der Waals surface area contributed by atoms with E-state index in [1.165, 1.54) is 12.3 Å².